The van der Waals surface area contributed by atoms with Gasteiger partial charge in [0.2, 0.25) is 5.91 Å². The van der Waals surface area contributed by atoms with E-state index in [1.165, 1.54) is 11.8 Å². The molecule has 0 fully saturated rings. The fourth-order valence-electron chi connectivity index (χ4n) is 2.60. The van der Waals surface area contributed by atoms with Gasteiger partial charge in [0.05, 0.1) is 5.75 Å². The third-order valence-electron chi connectivity index (χ3n) is 3.82. The highest BCUT2D eigenvalue weighted by molar-refractivity contribution is 7.99. The molecule has 0 atom stereocenters. The van der Waals surface area contributed by atoms with E-state index >= 15 is 0 Å². The molecule has 0 radical (unpaired) electrons. The van der Waals surface area contributed by atoms with E-state index in [-0.39, 0.29) is 17.2 Å². The second kappa shape index (κ2) is 7.10. The Balaban J connectivity index is 1.80. The first-order chi connectivity index (χ1) is 12.0. The molecule has 8 heteroatoms. The van der Waals surface area contributed by atoms with Crippen LogP contribution in [0.2, 0.25) is 0 Å². The number of benzene rings is 1. The average Bonchev–Trinajstić information content (AvgIpc) is 2.91. The summed E-state index contributed by atoms with van der Waals surface area (Å²) in [5, 5.41) is 0.594. The number of carbonyl (C=O) groups is 1. The molecule has 1 N–H and O–H groups in total. The minimum Gasteiger partial charge on any atom is -0.312 e. The number of nitrogens with zero attached hydrogens (tertiary/aromatic N) is 4. The zero-order valence-electron chi connectivity index (χ0n) is 14.3. The number of hydrogen-bond acceptors (Lipinski definition) is 5. The zero-order valence-corrected chi connectivity index (χ0v) is 15.1. The van der Waals surface area contributed by atoms with E-state index in [9.17, 15) is 9.59 Å². The number of H-pyrrole nitrogens is 1. The van der Waals surface area contributed by atoms with E-state index in [2.05, 4.69) is 15.0 Å². The summed E-state index contributed by atoms with van der Waals surface area (Å²) >= 11 is 1.30. The number of nitrogens with one attached hydrogen (secondary N) is 1. The van der Waals surface area contributed by atoms with Gasteiger partial charge in [-0.2, -0.15) is 0 Å². The monoisotopic (exact) mass is 357 g/mol. The number of aromatic amines is 1. The Labute approximate surface area is 149 Å². The van der Waals surface area contributed by atoms with Gasteiger partial charge in [0.15, 0.2) is 16.3 Å². The second-order valence-electron chi connectivity index (χ2n) is 5.54. The first kappa shape index (κ1) is 17.2. The van der Waals surface area contributed by atoms with Crippen molar-refractivity contribution in [3.8, 4) is 0 Å². The number of thioether (sulfide) groups is 1. The molecule has 7 nitrogen and oxygen atoms in total. The van der Waals surface area contributed by atoms with Crippen molar-refractivity contribution in [2.75, 3.05) is 17.2 Å². The first-order valence-electron chi connectivity index (χ1n) is 7.92. The van der Waals surface area contributed by atoms with E-state index in [1.54, 1.807) is 23.4 Å². The Kier molecular flexibility index (Phi) is 4.89. The maximum Gasteiger partial charge on any atom is 0.279 e. The van der Waals surface area contributed by atoms with Gasteiger partial charge in [-0.1, -0.05) is 30.0 Å². The Morgan fingerprint density at radius 2 is 2.00 bits per heavy atom. The Bertz CT molecular complexity index is 964. The van der Waals surface area contributed by atoms with Crippen molar-refractivity contribution in [1.29, 1.82) is 0 Å². The molecule has 1 amide bonds. The molecule has 0 aliphatic carbocycles. The van der Waals surface area contributed by atoms with E-state index in [0.29, 0.717) is 28.7 Å². The summed E-state index contributed by atoms with van der Waals surface area (Å²) < 4.78 is 1.74. The highest BCUT2D eigenvalue weighted by Gasteiger charge is 2.17. The molecule has 0 unspecified atom stereocenters. The lowest BCUT2D eigenvalue weighted by atomic mass is 10.3. The molecule has 0 spiro atoms. The smallest absolute Gasteiger partial charge is 0.279 e. The van der Waals surface area contributed by atoms with Crippen molar-refractivity contribution in [2.24, 2.45) is 7.05 Å². The van der Waals surface area contributed by atoms with Gasteiger partial charge in [0.25, 0.3) is 5.56 Å². The van der Waals surface area contributed by atoms with Crippen LogP contribution in [0.3, 0.4) is 0 Å². The van der Waals surface area contributed by atoms with Crippen molar-refractivity contribution < 1.29 is 4.79 Å². The summed E-state index contributed by atoms with van der Waals surface area (Å²) in [6.07, 6.45) is 0. The molecule has 0 saturated carbocycles. The molecular weight excluding hydrogens is 338 g/mol. The Morgan fingerprint density at radius 3 is 2.68 bits per heavy atom. The maximum absolute atomic E-state index is 12.6. The normalized spacial score (nSPS) is 11.0. The Hall–Kier alpha value is -2.61. The number of anilines is 1. The summed E-state index contributed by atoms with van der Waals surface area (Å²) in [4.78, 5) is 37.6. The third-order valence-corrected chi connectivity index (χ3v) is 4.83. The van der Waals surface area contributed by atoms with Gasteiger partial charge >= 0.3 is 0 Å². The lowest BCUT2D eigenvalue weighted by molar-refractivity contribution is -0.116. The van der Waals surface area contributed by atoms with Gasteiger partial charge in [-0.3, -0.25) is 9.59 Å². The number of fused-ring (bicyclic) bond motifs is 1. The number of imidazole rings is 1. The lowest BCUT2D eigenvalue weighted by Crippen LogP contribution is -2.32. The van der Waals surface area contributed by atoms with Crippen molar-refractivity contribution in [3.05, 3.63) is 46.5 Å². The van der Waals surface area contributed by atoms with Crippen molar-refractivity contribution in [3.63, 3.8) is 0 Å². The molecule has 0 bridgehead atoms. The van der Waals surface area contributed by atoms with Gasteiger partial charge in [-0.25, -0.2) is 9.97 Å². The standard InChI is InChI=1S/C17H19N5O2S/c1-4-22(12-8-6-5-7-9-12)13(23)10-25-17-20-14-15(21(17)3)18-11(2)19-16(14)24/h5-9H,4,10H2,1-3H3,(H,18,19,24). The van der Waals surface area contributed by atoms with Crippen LogP contribution in [-0.2, 0) is 11.8 Å². The summed E-state index contributed by atoms with van der Waals surface area (Å²) in [6.45, 7) is 4.26. The van der Waals surface area contributed by atoms with E-state index in [0.717, 1.165) is 5.69 Å². The first-order valence-corrected chi connectivity index (χ1v) is 8.91. The Morgan fingerprint density at radius 1 is 1.28 bits per heavy atom. The fourth-order valence-corrected chi connectivity index (χ4v) is 3.45. The largest absolute Gasteiger partial charge is 0.312 e. The average molecular weight is 357 g/mol. The molecule has 25 heavy (non-hydrogen) atoms. The van der Waals surface area contributed by atoms with Gasteiger partial charge in [0, 0.05) is 19.3 Å². The number of para-hydroxylation sites is 1. The van der Waals surface area contributed by atoms with Gasteiger partial charge in [-0.05, 0) is 26.0 Å². The third kappa shape index (κ3) is 3.43. The molecule has 2 aromatic heterocycles. The van der Waals surface area contributed by atoms with E-state index in [1.807, 2.05) is 37.3 Å². The molecular formula is C17H19N5O2S. The van der Waals surface area contributed by atoms with Crippen LogP contribution in [0.15, 0.2) is 40.3 Å². The van der Waals surface area contributed by atoms with Crippen LogP contribution in [0.25, 0.3) is 11.2 Å². The number of aromatic nitrogens is 4. The van der Waals surface area contributed by atoms with Crippen LogP contribution >= 0.6 is 11.8 Å². The SMILES string of the molecule is CCN(C(=O)CSc1nc2c(=O)[nH]c(C)nc2n1C)c1ccccc1. The van der Waals surface area contributed by atoms with E-state index in [4.69, 9.17) is 0 Å². The molecule has 130 valence electrons. The topological polar surface area (TPSA) is 83.9 Å². The fraction of sp³-hybridized carbons (Fsp3) is 0.294. The van der Waals surface area contributed by atoms with Crippen LogP contribution in [0.5, 0.6) is 0 Å². The minimum atomic E-state index is -0.268. The quantitative estimate of drug-likeness (QED) is 0.707. The van der Waals surface area contributed by atoms with Gasteiger partial charge in [-0.15, -0.1) is 0 Å². The summed E-state index contributed by atoms with van der Waals surface area (Å²) in [5.74, 6) is 0.759. The predicted octanol–water partition coefficient (Wildman–Crippen LogP) is 2.11. The molecule has 0 aliphatic rings. The summed E-state index contributed by atoms with van der Waals surface area (Å²) in [6, 6.07) is 9.55. The van der Waals surface area contributed by atoms with Crippen LogP contribution < -0.4 is 10.5 Å². The number of rotatable bonds is 5. The molecule has 3 aromatic rings. The number of hydrogen-bond donors (Lipinski definition) is 1. The van der Waals surface area contributed by atoms with Crippen LogP contribution in [0, 0.1) is 6.92 Å². The van der Waals surface area contributed by atoms with E-state index < -0.39 is 0 Å². The number of carbonyl (C=O) groups excluding carboxylic acids is 1. The van der Waals surface area contributed by atoms with Crippen molar-refractivity contribution in [2.45, 2.75) is 19.0 Å². The van der Waals surface area contributed by atoms with Crippen molar-refractivity contribution >= 4 is 34.5 Å². The molecule has 0 saturated heterocycles. The molecule has 3 rings (SSSR count). The summed E-state index contributed by atoms with van der Waals surface area (Å²) in [5.41, 5.74) is 1.41. The number of aryl methyl sites for hydroxylation is 2. The highest BCUT2D eigenvalue weighted by Crippen LogP contribution is 2.22. The highest BCUT2D eigenvalue weighted by atomic mass is 32.2. The number of amides is 1. The zero-order chi connectivity index (χ0) is 18.0. The van der Waals surface area contributed by atoms with Gasteiger partial charge < -0.3 is 14.5 Å². The van der Waals surface area contributed by atoms with Crippen LogP contribution in [0.4, 0.5) is 5.69 Å². The van der Waals surface area contributed by atoms with Gasteiger partial charge in [0.1, 0.15) is 5.82 Å². The van der Waals surface area contributed by atoms with Crippen LogP contribution in [-0.4, -0.2) is 37.7 Å². The second-order valence-corrected chi connectivity index (χ2v) is 6.48. The lowest BCUT2D eigenvalue weighted by Gasteiger charge is -2.20. The molecule has 2 heterocycles. The maximum atomic E-state index is 12.6. The predicted molar refractivity (Wildman–Crippen MR) is 99.1 cm³/mol. The minimum absolute atomic E-state index is 0.0104. The molecule has 1 aromatic carbocycles. The molecule has 0 aliphatic heterocycles. The van der Waals surface area contributed by atoms with Crippen LogP contribution in [0.1, 0.15) is 12.7 Å². The summed E-state index contributed by atoms with van der Waals surface area (Å²) in [7, 11) is 1.79. The van der Waals surface area contributed by atoms with Crippen molar-refractivity contribution in [1.82, 2.24) is 19.5 Å².